The van der Waals surface area contributed by atoms with Crippen molar-refractivity contribution >= 4 is 33.7 Å². The number of nitrogens with one attached hydrogen (secondary N) is 1. The van der Waals surface area contributed by atoms with Crippen molar-refractivity contribution in [2.75, 3.05) is 26.0 Å². The first-order valence-electron chi connectivity index (χ1n) is 10.4. The highest BCUT2D eigenvalue weighted by atomic mass is 16.5. The number of nitrogens with two attached hydrogens (primary N) is 1. The number of hydrogen-bond donors (Lipinski definition) is 2. The predicted molar refractivity (Wildman–Crippen MR) is 123 cm³/mol. The quantitative estimate of drug-likeness (QED) is 0.363. The fourth-order valence-electron chi connectivity index (χ4n) is 4.30. The first-order valence-corrected chi connectivity index (χ1v) is 10.4. The molecule has 166 valence electrons. The van der Waals surface area contributed by atoms with Gasteiger partial charge in [-0.1, -0.05) is 12.5 Å². The number of ether oxygens (including phenoxy) is 1. The third-order valence-corrected chi connectivity index (χ3v) is 5.84. The van der Waals surface area contributed by atoms with Crippen LogP contribution in [0, 0.1) is 11.8 Å². The lowest BCUT2D eigenvalue weighted by atomic mass is 10.1. The molecule has 1 amide bonds. The molecule has 1 saturated heterocycles. The number of rotatable bonds is 4. The van der Waals surface area contributed by atoms with Crippen LogP contribution < -0.4 is 5.73 Å². The average molecular weight is 442 g/mol. The first kappa shape index (κ1) is 20.7. The Labute approximate surface area is 189 Å². The second kappa shape index (κ2) is 8.37. The van der Waals surface area contributed by atoms with Crippen molar-refractivity contribution in [2.45, 2.75) is 18.5 Å². The third-order valence-electron chi connectivity index (χ3n) is 5.84. The molecule has 4 heterocycles. The van der Waals surface area contributed by atoms with Gasteiger partial charge in [0.25, 0.3) is 0 Å². The molecule has 33 heavy (non-hydrogen) atoms. The van der Waals surface area contributed by atoms with Crippen LogP contribution in [0.3, 0.4) is 0 Å². The summed E-state index contributed by atoms with van der Waals surface area (Å²) in [6, 6.07) is 5.61. The molecule has 0 bridgehead atoms. The number of carbonyl (C=O) groups is 1. The van der Waals surface area contributed by atoms with E-state index in [0.29, 0.717) is 42.1 Å². The largest absolute Gasteiger partial charge is 0.383 e. The van der Waals surface area contributed by atoms with Crippen molar-refractivity contribution in [1.82, 2.24) is 34.8 Å². The Morgan fingerprint density at radius 3 is 3.09 bits per heavy atom. The van der Waals surface area contributed by atoms with E-state index in [4.69, 9.17) is 15.6 Å². The molecular formula is C23H22N8O2. The van der Waals surface area contributed by atoms with Gasteiger partial charge in [-0.2, -0.15) is 10.2 Å². The van der Waals surface area contributed by atoms with E-state index in [1.54, 1.807) is 22.9 Å². The molecular weight excluding hydrogens is 420 g/mol. The van der Waals surface area contributed by atoms with Gasteiger partial charge >= 0.3 is 0 Å². The number of nitrogens with zero attached hydrogens (tertiary/aromatic N) is 6. The number of anilines is 1. The molecule has 10 nitrogen and oxygen atoms in total. The van der Waals surface area contributed by atoms with Gasteiger partial charge in [-0.05, 0) is 36.6 Å². The second-order valence-electron chi connectivity index (χ2n) is 7.87. The molecule has 1 unspecified atom stereocenters. The van der Waals surface area contributed by atoms with Gasteiger partial charge in [-0.25, -0.2) is 14.6 Å². The molecule has 3 N–H and O–H groups in total. The fourth-order valence-corrected chi connectivity index (χ4v) is 4.30. The van der Waals surface area contributed by atoms with Crippen LogP contribution in [0.5, 0.6) is 0 Å². The Morgan fingerprint density at radius 1 is 1.39 bits per heavy atom. The van der Waals surface area contributed by atoms with Crippen LogP contribution in [0.1, 0.15) is 23.7 Å². The number of likely N-dealkylation sites (tertiary alicyclic amines) is 1. The Hall–Kier alpha value is -4.23. The van der Waals surface area contributed by atoms with Crippen LogP contribution in [0.25, 0.3) is 21.9 Å². The summed E-state index contributed by atoms with van der Waals surface area (Å²) in [5, 5.41) is 13.3. The van der Waals surface area contributed by atoms with Gasteiger partial charge in [0.2, 0.25) is 5.91 Å². The zero-order valence-electron chi connectivity index (χ0n) is 18.0. The minimum atomic E-state index is -0.139. The fraction of sp³-hybridized carbons (Fsp3) is 0.261. The summed E-state index contributed by atoms with van der Waals surface area (Å²) >= 11 is 0. The van der Waals surface area contributed by atoms with Crippen molar-refractivity contribution < 1.29 is 9.53 Å². The standard InChI is InChI=1S/C23H22N8O2/c1-3-20(32)30-11-16(9-17(30)12-33-2)31-23-21(22(24)25-13-26-23)19(29-31)7-5-14-4-6-18-15(8-14)10-27-28-18/h3-4,6,8,10,13,16-17H,1,9,11-12H2,2H3,(H,27,28)(H2,24,25,26)/t16?,17-/m1/s1. The number of amides is 1. The molecule has 0 saturated carbocycles. The van der Waals surface area contributed by atoms with Crippen molar-refractivity contribution in [1.29, 1.82) is 0 Å². The van der Waals surface area contributed by atoms with E-state index in [1.807, 2.05) is 18.2 Å². The number of aromatic amines is 1. The van der Waals surface area contributed by atoms with E-state index in [0.717, 1.165) is 16.5 Å². The van der Waals surface area contributed by atoms with Crippen molar-refractivity contribution in [2.24, 2.45) is 0 Å². The van der Waals surface area contributed by atoms with Crippen molar-refractivity contribution in [3.63, 3.8) is 0 Å². The number of nitrogen functional groups attached to an aromatic ring is 1. The van der Waals surface area contributed by atoms with Gasteiger partial charge in [0, 0.05) is 24.6 Å². The summed E-state index contributed by atoms with van der Waals surface area (Å²) in [6.45, 7) is 4.50. The number of aromatic nitrogens is 6. The predicted octanol–water partition coefficient (Wildman–Crippen LogP) is 1.66. The first-order chi connectivity index (χ1) is 16.1. The number of hydrogen-bond acceptors (Lipinski definition) is 7. The molecule has 0 aliphatic carbocycles. The van der Waals surface area contributed by atoms with Crippen LogP contribution in [0.2, 0.25) is 0 Å². The van der Waals surface area contributed by atoms with Gasteiger partial charge in [0.05, 0.1) is 35.8 Å². The molecule has 4 aromatic rings. The molecule has 1 aliphatic heterocycles. The lowest BCUT2D eigenvalue weighted by molar-refractivity contribution is -0.127. The third kappa shape index (κ3) is 3.68. The normalized spacial score (nSPS) is 17.9. The average Bonchev–Trinajstić information content (AvgIpc) is 3.54. The molecule has 5 rings (SSSR count). The van der Waals surface area contributed by atoms with Gasteiger partial charge in [-0.3, -0.25) is 9.89 Å². The van der Waals surface area contributed by atoms with Gasteiger partial charge in [-0.15, -0.1) is 0 Å². The Kier molecular flexibility index (Phi) is 5.24. The summed E-state index contributed by atoms with van der Waals surface area (Å²) in [4.78, 5) is 22.7. The molecule has 1 fully saturated rings. The maximum Gasteiger partial charge on any atom is 0.246 e. The maximum atomic E-state index is 12.4. The van der Waals surface area contributed by atoms with E-state index in [-0.39, 0.29) is 18.0 Å². The minimum absolute atomic E-state index is 0.0832. The molecule has 1 aliphatic rings. The van der Waals surface area contributed by atoms with Crippen molar-refractivity contribution in [3.05, 3.63) is 54.6 Å². The van der Waals surface area contributed by atoms with Crippen LogP contribution >= 0.6 is 0 Å². The zero-order chi connectivity index (χ0) is 22.9. The SMILES string of the molecule is C=CC(=O)N1CC(n2nc(C#Cc3ccc4[nH]ncc4c3)c3c(N)ncnc32)C[C@@H]1COC. The Morgan fingerprint density at radius 2 is 2.27 bits per heavy atom. The highest BCUT2D eigenvalue weighted by Crippen LogP contribution is 2.32. The van der Waals surface area contributed by atoms with E-state index < -0.39 is 0 Å². The zero-order valence-corrected chi connectivity index (χ0v) is 18.0. The highest BCUT2D eigenvalue weighted by molar-refractivity contribution is 5.91. The lowest BCUT2D eigenvalue weighted by Crippen LogP contribution is -2.37. The van der Waals surface area contributed by atoms with Crippen LogP contribution in [-0.4, -0.2) is 67.1 Å². The molecule has 10 heteroatoms. The lowest BCUT2D eigenvalue weighted by Gasteiger charge is -2.22. The smallest absolute Gasteiger partial charge is 0.246 e. The minimum Gasteiger partial charge on any atom is -0.383 e. The number of benzene rings is 1. The molecule has 0 spiro atoms. The summed E-state index contributed by atoms with van der Waals surface area (Å²) in [7, 11) is 1.62. The van der Waals surface area contributed by atoms with Crippen LogP contribution in [0.4, 0.5) is 5.82 Å². The summed E-state index contributed by atoms with van der Waals surface area (Å²) < 4.78 is 7.13. The van der Waals surface area contributed by atoms with Crippen LogP contribution in [-0.2, 0) is 9.53 Å². The molecule has 3 aromatic heterocycles. The van der Waals surface area contributed by atoms with Gasteiger partial charge < -0.3 is 15.4 Å². The second-order valence-corrected chi connectivity index (χ2v) is 7.87. The monoisotopic (exact) mass is 442 g/mol. The number of H-pyrrole nitrogens is 1. The van der Waals surface area contributed by atoms with E-state index >= 15 is 0 Å². The Bertz CT molecular complexity index is 1430. The van der Waals surface area contributed by atoms with Crippen molar-refractivity contribution in [3.8, 4) is 11.8 Å². The highest BCUT2D eigenvalue weighted by Gasteiger charge is 2.37. The van der Waals surface area contributed by atoms with E-state index in [2.05, 4.69) is 38.6 Å². The molecule has 0 radical (unpaired) electrons. The molecule has 2 atom stereocenters. The number of carbonyl (C=O) groups excluding carboxylic acids is 1. The van der Waals surface area contributed by atoms with E-state index in [9.17, 15) is 4.79 Å². The summed E-state index contributed by atoms with van der Waals surface area (Å²) in [5.74, 6) is 6.46. The maximum absolute atomic E-state index is 12.4. The summed E-state index contributed by atoms with van der Waals surface area (Å²) in [5.41, 5.74) is 9.04. The van der Waals surface area contributed by atoms with Gasteiger partial charge in [0.15, 0.2) is 5.65 Å². The summed E-state index contributed by atoms with van der Waals surface area (Å²) in [6.07, 6.45) is 5.15. The number of fused-ring (bicyclic) bond motifs is 2. The molecule has 1 aromatic carbocycles. The van der Waals surface area contributed by atoms with Gasteiger partial charge in [0.1, 0.15) is 17.8 Å². The number of methoxy groups -OCH3 is 1. The van der Waals surface area contributed by atoms with Crippen LogP contribution in [0.15, 0.2) is 43.4 Å². The topological polar surface area (TPSA) is 128 Å². The van der Waals surface area contributed by atoms with E-state index in [1.165, 1.54) is 12.4 Å². The Balaban J connectivity index is 1.55.